The van der Waals surface area contributed by atoms with Crippen LogP contribution in [0.15, 0.2) is 30.3 Å². The fourth-order valence-electron chi connectivity index (χ4n) is 1.79. The zero-order valence-corrected chi connectivity index (χ0v) is 12.8. The van der Waals surface area contributed by atoms with Crippen molar-refractivity contribution in [1.82, 2.24) is 9.88 Å². The molecule has 6 heteroatoms. The Morgan fingerprint density at radius 1 is 1.29 bits per heavy atom. The van der Waals surface area contributed by atoms with Gasteiger partial charge in [-0.3, -0.25) is 10.1 Å². The van der Waals surface area contributed by atoms with Crippen molar-refractivity contribution in [2.24, 2.45) is 0 Å². The molecule has 1 aromatic heterocycles. The SMILES string of the molecule is CN(C)C(C)(C)CNc1ccc2cc([N+](=O)[O-])ccc2n1. The summed E-state index contributed by atoms with van der Waals surface area (Å²) in [5.74, 6) is 0.770. The van der Waals surface area contributed by atoms with E-state index in [0.717, 1.165) is 23.3 Å². The Labute approximate surface area is 123 Å². The lowest BCUT2D eigenvalue weighted by molar-refractivity contribution is -0.384. The molecule has 1 aromatic carbocycles. The molecule has 0 fully saturated rings. The number of nitro benzene ring substituents is 1. The van der Waals surface area contributed by atoms with Crippen LogP contribution < -0.4 is 5.32 Å². The first-order valence-corrected chi connectivity index (χ1v) is 6.76. The van der Waals surface area contributed by atoms with Crippen LogP contribution in [0.3, 0.4) is 0 Å². The molecule has 1 heterocycles. The first kappa shape index (κ1) is 15.2. The summed E-state index contributed by atoms with van der Waals surface area (Å²) in [5.41, 5.74) is 0.832. The number of nitrogens with zero attached hydrogens (tertiary/aromatic N) is 3. The van der Waals surface area contributed by atoms with E-state index in [9.17, 15) is 10.1 Å². The van der Waals surface area contributed by atoms with Crippen LogP contribution in [0.25, 0.3) is 10.9 Å². The molecular weight excluding hydrogens is 268 g/mol. The fraction of sp³-hybridized carbons (Fsp3) is 0.400. The summed E-state index contributed by atoms with van der Waals surface area (Å²) in [6, 6.07) is 8.38. The maximum atomic E-state index is 10.8. The van der Waals surface area contributed by atoms with Crippen LogP contribution in [0.2, 0.25) is 0 Å². The summed E-state index contributed by atoms with van der Waals surface area (Å²) in [5, 5.41) is 14.8. The molecule has 21 heavy (non-hydrogen) atoms. The Bertz CT molecular complexity index is 668. The average molecular weight is 288 g/mol. The molecule has 0 amide bonds. The first-order valence-electron chi connectivity index (χ1n) is 6.76. The number of non-ortho nitro benzene ring substituents is 1. The third-order valence-electron chi connectivity index (χ3n) is 3.80. The molecule has 1 N–H and O–H groups in total. The summed E-state index contributed by atoms with van der Waals surface area (Å²) in [6.45, 7) is 5.04. The van der Waals surface area contributed by atoms with Crippen molar-refractivity contribution in [2.75, 3.05) is 26.0 Å². The number of nitro groups is 1. The van der Waals surface area contributed by atoms with E-state index in [1.54, 1.807) is 6.07 Å². The average Bonchev–Trinajstić information content (AvgIpc) is 2.44. The van der Waals surface area contributed by atoms with Crippen LogP contribution in [-0.4, -0.2) is 41.0 Å². The topological polar surface area (TPSA) is 71.3 Å². The van der Waals surface area contributed by atoms with Crippen LogP contribution in [0, 0.1) is 10.1 Å². The minimum Gasteiger partial charge on any atom is -0.368 e. The number of aromatic nitrogens is 1. The van der Waals surface area contributed by atoms with Crippen LogP contribution in [0.1, 0.15) is 13.8 Å². The highest BCUT2D eigenvalue weighted by Crippen LogP contribution is 2.21. The maximum Gasteiger partial charge on any atom is 0.270 e. The van der Waals surface area contributed by atoms with Crippen LogP contribution in [0.4, 0.5) is 11.5 Å². The van der Waals surface area contributed by atoms with Gasteiger partial charge in [-0.05, 0) is 46.1 Å². The summed E-state index contributed by atoms with van der Waals surface area (Å²) >= 11 is 0. The second kappa shape index (κ2) is 5.65. The van der Waals surface area contributed by atoms with E-state index in [1.807, 2.05) is 26.2 Å². The van der Waals surface area contributed by atoms with Crippen LogP contribution in [0.5, 0.6) is 0 Å². The van der Waals surface area contributed by atoms with Crippen molar-refractivity contribution in [3.8, 4) is 0 Å². The Balaban J connectivity index is 2.20. The van der Waals surface area contributed by atoms with Gasteiger partial charge in [0.15, 0.2) is 0 Å². The predicted octanol–water partition coefficient (Wildman–Crippen LogP) is 2.90. The molecule has 112 valence electrons. The predicted molar refractivity (Wildman–Crippen MR) is 84.7 cm³/mol. The molecule has 0 aliphatic rings. The van der Waals surface area contributed by atoms with Gasteiger partial charge in [-0.15, -0.1) is 0 Å². The molecule has 2 aromatic rings. The van der Waals surface area contributed by atoms with E-state index < -0.39 is 4.92 Å². The highest BCUT2D eigenvalue weighted by Gasteiger charge is 2.20. The lowest BCUT2D eigenvalue weighted by atomic mass is 10.0. The molecule has 0 saturated heterocycles. The number of rotatable bonds is 5. The minimum absolute atomic E-state index is 0.00606. The third kappa shape index (κ3) is 3.46. The van der Waals surface area contributed by atoms with Crippen LogP contribution in [-0.2, 0) is 0 Å². The van der Waals surface area contributed by atoms with Gasteiger partial charge >= 0.3 is 0 Å². The molecule has 0 unspecified atom stereocenters. The standard InChI is InChI=1S/C15H20N4O2/c1-15(2,18(3)4)10-16-14-8-5-11-9-12(19(20)21)6-7-13(11)17-14/h5-9H,10H2,1-4H3,(H,16,17). The Morgan fingerprint density at radius 3 is 2.62 bits per heavy atom. The van der Waals surface area contributed by atoms with E-state index in [2.05, 4.69) is 29.0 Å². The number of likely N-dealkylation sites (N-methyl/N-ethyl adjacent to an activating group) is 1. The molecule has 2 rings (SSSR count). The number of anilines is 1. The minimum atomic E-state index is -0.398. The number of benzene rings is 1. The van der Waals surface area contributed by atoms with E-state index in [0.29, 0.717) is 0 Å². The number of hydrogen-bond donors (Lipinski definition) is 1. The van der Waals surface area contributed by atoms with Gasteiger partial charge in [-0.2, -0.15) is 0 Å². The molecular formula is C15H20N4O2. The van der Waals surface area contributed by atoms with E-state index >= 15 is 0 Å². The van der Waals surface area contributed by atoms with Gasteiger partial charge in [0.25, 0.3) is 5.69 Å². The zero-order chi connectivity index (χ0) is 15.6. The van der Waals surface area contributed by atoms with Crippen molar-refractivity contribution < 1.29 is 4.92 Å². The molecule has 0 aliphatic heterocycles. The van der Waals surface area contributed by atoms with Gasteiger partial charge in [0, 0.05) is 29.6 Å². The van der Waals surface area contributed by atoms with Gasteiger partial charge in [-0.1, -0.05) is 0 Å². The lowest BCUT2D eigenvalue weighted by Gasteiger charge is -2.32. The van der Waals surface area contributed by atoms with Gasteiger partial charge in [0.05, 0.1) is 10.4 Å². The highest BCUT2D eigenvalue weighted by atomic mass is 16.6. The zero-order valence-electron chi connectivity index (χ0n) is 12.8. The summed E-state index contributed by atoms with van der Waals surface area (Å²) < 4.78 is 0. The third-order valence-corrected chi connectivity index (χ3v) is 3.80. The van der Waals surface area contributed by atoms with Crippen molar-refractivity contribution in [3.05, 3.63) is 40.4 Å². The summed E-state index contributed by atoms with van der Waals surface area (Å²) in [7, 11) is 4.07. The second-order valence-corrected chi connectivity index (χ2v) is 5.89. The van der Waals surface area contributed by atoms with Crippen molar-refractivity contribution in [1.29, 1.82) is 0 Å². The number of hydrogen-bond acceptors (Lipinski definition) is 5. The van der Waals surface area contributed by atoms with E-state index in [-0.39, 0.29) is 11.2 Å². The second-order valence-electron chi connectivity index (χ2n) is 5.89. The first-order chi connectivity index (χ1) is 9.79. The number of nitrogens with one attached hydrogen (secondary N) is 1. The van der Waals surface area contributed by atoms with Crippen molar-refractivity contribution >= 4 is 22.4 Å². The smallest absolute Gasteiger partial charge is 0.270 e. The molecule has 0 atom stereocenters. The maximum absolute atomic E-state index is 10.8. The van der Waals surface area contributed by atoms with Crippen molar-refractivity contribution in [2.45, 2.75) is 19.4 Å². The fourth-order valence-corrected chi connectivity index (χ4v) is 1.79. The Kier molecular flexibility index (Phi) is 4.09. The van der Waals surface area contributed by atoms with Gasteiger partial charge < -0.3 is 10.2 Å². The van der Waals surface area contributed by atoms with Gasteiger partial charge in [0.1, 0.15) is 5.82 Å². The molecule has 6 nitrogen and oxygen atoms in total. The van der Waals surface area contributed by atoms with E-state index in [4.69, 9.17) is 0 Å². The normalized spacial score (nSPS) is 11.9. The molecule has 0 radical (unpaired) electrons. The lowest BCUT2D eigenvalue weighted by Crippen LogP contribution is -2.44. The Morgan fingerprint density at radius 2 is 2.00 bits per heavy atom. The summed E-state index contributed by atoms with van der Waals surface area (Å²) in [6.07, 6.45) is 0. The van der Waals surface area contributed by atoms with E-state index in [1.165, 1.54) is 12.1 Å². The molecule has 0 bridgehead atoms. The van der Waals surface area contributed by atoms with Gasteiger partial charge in [-0.25, -0.2) is 4.98 Å². The van der Waals surface area contributed by atoms with Crippen molar-refractivity contribution in [3.63, 3.8) is 0 Å². The van der Waals surface area contributed by atoms with Gasteiger partial charge in [0.2, 0.25) is 0 Å². The highest BCUT2D eigenvalue weighted by molar-refractivity contribution is 5.82. The molecule has 0 aliphatic carbocycles. The summed E-state index contributed by atoms with van der Waals surface area (Å²) in [4.78, 5) is 17.0. The number of fused-ring (bicyclic) bond motifs is 1. The monoisotopic (exact) mass is 288 g/mol. The molecule has 0 spiro atoms. The Hall–Kier alpha value is -2.21. The largest absolute Gasteiger partial charge is 0.368 e. The van der Waals surface area contributed by atoms with Crippen LogP contribution >= 0.6 is 0 Å². The molecule has 0 saturated carbocycles. The number of pyridine rings is 1. The quantitative estimate of drug-likeness (QED) is 0.676.